The van der Waals surface area contributed by atoms with Gasteiger partial charge < -0.3 is 10.1 Å². The Morgan fingerprint density at radius 1 is 1.44 bits per heavy atom. The van der Waals surface area contributed by atoms with Gasteiger partial charge in [0.15, 0.2) is 0 Å². The lowest BCUT2D eigenvalue weighted by atomic mass is 10.0. The maximum atomic E-state index is 13.8. The highest BCUT2D eigenvalue weighted by molar-refractivity contribution is 6.30. The summed E-state index contributed by atoms with van der Waals surface area (Å²) in [5.41, 5.74) is -0.169. The Bertz CT molecular complexity index is 358. The van der Waals surface area contributed by atoms with Crippen molar-refractivity contribution >= 4 is 11.6 Å². The summed E-state index contributed by atoms with van der Waals surface area (Å²) < 4.78 is 32.5. The van der Waals surface area contributed by atoms with Crippen LogP contribution in [-0.4, -0.2) is 20.7 Å². The maximum absolute atomic E-state index is 13.8. The van der Waals surface area contributed by atoms with Gasteiger partial charge in [0.05, 0.1) is 12.7 Å². The molecule has 5 heteroatoms. The highest BCUT2D eigenvalue weighted by atomic mass is 35.5. The number of methoxy groups -OCH3 is 1. The fourth-order valence-corrected chi connectivity index (χ4v) is 1.55. The molecular formula is C11H14ClF2NO. The maximum Gasteiger partial charge on any atom is 0.278 e. The fraction of sp³-hybridized carbons (Fsp3) is 0.455. The van der Waals surface area contributed by atoms with E-state index in [0.29, 0.717) is 0 Å². The highest BCUT2D eigenvalue weighted by Crippen LogP contribution is 2.38. The zero-order chi connectivity index (χ0) is 12.2. The molecule has 0 fully saturated rings. The smallest absolute Gasteiger partial charge is 0.278 e. The van der Waals surface area contributed by atoms with Gasteiger partial charge in [0.25, 0.3) is 5.92 Å². The summed E-state index contributed by atoms with van der Waals surface area (Å²) in [5.74, 6) is -2.79. The van der Waals surface area contributed by atoms with Crippen molar-refractivity contribution in [2.24, 2.45) is 0 Å². The molecule has 0 amide bonds. The minimum atomic E-state index is -2.95. The Kier molecular flexibility index (Phi) is 4.50. The van der Waals surface area contributed by atoms with Crippen molar-refractivity contribution in [1.29, 1.82) is 0 Å². The Hall–Kier alpha value is -0.870. The number of benzene rings is 1. The van der Waals surface area contributed by atoms with Crippen molar-refractivity contribution in [2.45, 2.75) is 12.3 Å². The van der Waals surface area contributed by atoms with Crippen molar-refractivity contribution in [3.05, 3.63) is 28.8 Å². The normalized spacial score (nSPS) is 11.6. The van der Waals surface area contributed by atoms with Gasteiger partial charge in [-0.1, -0.05) is 11.6 Å². The van der Waals surface area contributed by atoms with Crippen LogP contribution in [-0.2, 0) is 5.92 Å². The number of rotatable bonds is 5. The standard InChI is InChI=1S/C11H14ClF2NO/c1-15-6-5-11(13,14)9-7-8(12)3-4-10(9)16-2/h3-4,7,15H,5-6H2,1-2H3. The number of alkyl halides is 2. The molecule has 0 aliphatic heterocycles. The van der Waals surface area contributed by atoms with Crippen LogP contribution in [0.4, 0.5) is 8.78 Å². The third kappa shape index (κ3) is 3.06. The Labute approximate surface area is 98.6 Å². The molecule has 1 N–H and O–H groups in total. The predicted molar refractivity (Wildman–Crippen MR) is 60.4 cm³/mol. The van der Waals surface area contributed by atoms with E-state index in [9.17, 15) is 8.78 Å². The first-order valence-electron chi connectivity index (χ1n) is 4.87. The lowest BCUT2D eigenvalue weighted by molar-refractivity contribution is -0.0144. The number of halogens is 3. The molecule has 1 aromatic rings. The van der Waals surface area contributed by atoms with E-state index in [-0.39, 0.29) is 29.3 Å². The van der Waals surface area contributed by atoms with E-state index in [1.165, 1.54) is 25.3 Å². The van der Waals surface area contributed by atoms with E-state index >= 15 is 0 Å². The highest BCUT2D eigenvalue weighted by Gasteiger charge is 2.34. The molecule has 0 aromatic heterocycles. The molecule has 0 saturated heterocycles. The molecule has 0 aliphatic rings. The van der Waals surface area contributed by atoms with Gasteiger partial charge in [-0.3, -0.25) is 0 Å². The summed E-state index contributed by atoms with van der Waals surface area (Å²) >= 11 is 5.71. The second-order valence-electron chi connectivity index (χ2n) is 3.40. The molecule has 0 atom stereocenters. The van der Waals surface area contributed by atoms with Gasteiger partial charge in [0, 0.05) is 18.0 Å². The second kappa shape index (κ2) is 5.46. The van der Waals surface area contributed by atoms with Crippen molar-refractivity contribution in [2.75, 3.05) is 20.7 Å². The topological polar surface area (TPSA) is 21.3 Å². The Morgan fingerprint density at radius 2 is 2.12 bits per heavy atom. The minimum Gasteiger partial charge on any atom is -0.496 e. The molecular weight excluding hydrogens is 236 g/mol. The molecule has 90 valence electrons. The van der Waals surface area contributed by atoms with E-state index in [1.54, 1.807) is 7.05 Å². The summed E-state index contributed by atoms with van der Waals surface area (Å²) in [6.45, 7) is 0.225. The molecule has 0 bridgehead atoms. The van der Waals surface area contributed by atoms with Crippen LogP contribution in [0.5, 0.6) is 5.75 Å². The number of hydrogen-bond donors (Lipinski definition) is 1. The molecule has 0 spiro atoms. The number of ether oxygens (including phenoxy) is 1. The summed E-state index contributed by atoms with van der Waals surface area (Å²) in [7, 11) is 2.99. The summed E-state index contributed by atoms with van der Waals surface area (Å²) in [5, 5.41) is 2.97. The molecule has 0 heterocycles. The molecule has 2 nitrogen and oxygen atoms in total. The largest absolute Gasteiger partial charge is 0.496 e. The molecule has 0 unspecified atom stereocenters. The van der Waals surface area contributed by atoms with E-state index in [4.69, 9.17) is 16.3 Å². The van der Waals surface area contributed by atoms with Gasteiger partial charge in [-0.2, -0.15) is 0 Å². The van der Waals surface area contributed by atoms with Gasteiger partial charge in [-0.25, -0.2) is 8.78 Å². The molecule has 1 rings (SSSR count). The first kappa shape index (κ1) is 13.2. The van der Waals surface area contributed by atoms with Gasteiger partial charge >= 0.3 is 0 Å². The molecule has 1 aromatic carbocycles. The van der Waals surface area contributed by atoms with Gasteiger partial charge in [0.2, 0.25) is 0 Å². The van der Waals surface area contributed by atoms with Crippen LogP contribution in [0, 0.1) is 0 Å². The first-order valence-corrected chi connectivity index (χ1v) is 5.25. The Balaban J connectivity index is 3.04. The third-order valence-electron chi connectivity index (χ3n) is 2.24. The summed E-state index contributed by atoms with van der Waals surface area (Å²) in [6, 6.07) is 4.22. The van der Waals surface area contributed by atoms with E-state index in [1.807, 2.05) is 0 Å². The lowest BCUT2D eigenvalue weighted by Crippen LogP contribution is -2.21. The van der Waals surface area contributed by atoms with Crippen molar-refractivity contribution < 1.29 is 13.5 Å². The second-order valence-corrected chi connectivity index (χ2v) is 3.84. The quantitative estimate of drug-likeness (QED) is 0.866. The SMILES string of the molecule is CNCCC(F)(F)c1cc(Cl)ccc1OC. The molecule has 0 radical (unpaired) electrons. The van der Waals surface area contributed by atoms with Gasteiger partial charge in [-0.15, -0.1) is 0 Å². The zero-order valence-electron chi connectivity index (χ0n) is 9.19. The minimum absolute atomic E-state index is 0.158. The zero-order valence-corrected chi connectivity index (χ0v) is 9.94. The van der Waals surface area contributed by atoms with Crippen LogP contribution in [0.1, 0.15) is 12.0 Å². The predicted octanol–water partition coefficient (Wildman–Crippen LogP) is 3.05. The lowest BCUT2D eigenvalue weighted by Gasteiger charge is -2.19. The van der Waals surface area contributed by atoms with Crippen molar-refractivity contribution in [3.8, 4) is 5.75 Å². The summed E-state index contributed by atoms with van der Waals surface area (Å²) in [4.78, 5) is 0. The van der Waals surface area contributed by atoms with E-state index in [2.05, 4.69) is 5.32 Å². The molecule has 16 heavy (non-hydrogen) atoms. The van der Waals surface area contributed by atoms with Crippen LogP contribution >= 0.6 is 11.6 Å². The van der Waals surface area contributed by atoms with Gasteiger partial charge in [0.1, 0.15) is 5.75 Å². The average Bonchev–Trinajstić information content (AvgIpc) is 2.26. The fourth-order valence-electron chi connectivity index (χ4n) is 1.38. The van der Waals surface area contributed by atoms with Gasteiger partial charge in [-0.05, 0) is 25.2 Å². The number of nitrogens with one attached hydrogen (secondary N) is 1. The van der Waals surface area contributed by atoms with Crippen LogP contribution in [0.2, 0.25) is 5.02 Å². The Morgan fingerprint density at radius 3 is 2.69 bits per heavy atom. The van der Waals surface area contributed by atoms with Crippen LogP contribution < -0.4 is 10.1 Å². The van der Waals surface area contributed by atoms with Crippen LogP contribution in [0.25, 0.3) is 0 Å². The van der Waals surface area contributed by atoms with Crippen LogP contribution in [0.3, 0.4) is 0 Å². The summed E-state index contributed by atoms with van der Waals surface area (Å²) in [6.07, 6.45) is -0.291. The van der Waals surface area contributed by atoms with Crippen molar-refractivity contribution in [1.82, 2.24) is 5.32 Å². The van der Waals surface area contributed by atoms with E-state index in [0.717, 1.165) is 0 Å². The average molecular weight is 250 g/mol. The first-order chi connectivity index (χ1) is 7.51. The van der Waals surface area contributed by atoms with E-state index < -0.39 is 5.92 Å². The molecule has 0 aliphatic carbocycles. The third-order valence-corrected chi connectivity index (χ3v) is 2.48. The van der Waals surface area contributed by atoms with Crippen molar-refractivity contribution in [3.63, 3.8) is 0 Å². The monoisotopic (exact) mass is 249 g/mol. The van der Waals surface area contributed by atoms with Crippen LogP contribution in [0.15, 0.2) is 18.2 Å². The number of hydrogen-bond acceptors (Lipinski definition) is 2. The molecule has 0 saturated carbocycles.